The van der Waals surface area contributed by atoms with Crippen LogP contribution in [0.1, 0.15) is 54.9 Å². The number of benzene rings is 1. The number of H-pyrrole nitrogens is 1. The van der Waals surface area contributed by atoms with E-state index in [9.17, 15) is 14.4 Å². The number of carbonyl (C=O) groups excluding carboxylic acids is 3. The number of hydrogen-bond acceptors (Lipinski definition) is 3. The van der Waals surface area contributed by atoms with E-state index in [0.29, 0.717) is 5.56 Å². The number of ketones is 1. The van der Waals surface area contributed by atoms with Gasteiger partial charge in [-0.1, -0.05) is 38.0 Å². The van der Waals surface area contributed by atoms with Gasteiger partial charge in [0.25, 0.3) is 0 Å². The van der Waals surface area contributed by atoms with Crippen LogP contribution in [0.2, 0.25) is 0 Å². The zero-order valence-electron chi connectivity index (χ0n) is 14.4. The Balaban J connectivity index is 1.61. The molecule has 5 nitrogen and oxygen atoms in total. The highest BCUT2D eigenvalue weighted by atomic mass is 16.2. The summed E-state index contributed by atoms with van der Waals surface area (Å²) in [5, 5.41) is 0.860. The van der Waals surface area contributed by atoms with E-state index in [1.165, 1.54) is 4.90 Å². The third-order valence-electron chi connectivity index (χ3n) is 5.83. The van der Waals surface area contributed by atoms with E-state index in [2.05, 4.69) is 11.9 Å². The van der Waals surface area contributed by atoms with E-state index in [1.54, 1.807) is 6.20 Å². The Labute approximate surface area is 146 Å². The normalized spacial score (nSPS) is 19.5. The number of likely N-dealkylation sites (tertiary alicyclic amines) is 1. The summed E-state index contributed by atoms with van der Waals surface area (Å²) in [5.41, 5.74) is 2.14. The van der Waals surface area contributed by atoms with E-state index in [0.717, 1.165) is 48.6 Å². The molecule has 5 heteroatoms. The second kappa shape index (κ2) is 5.83. The monoisotopic (exact) mass is 338 g/mol. The molecule has 1 spiro atoms. The van der Waals surface area contributed by atoms with Crippen molar-refractivity contribution in [2.45, 2.75) is 45.4 Å². The number of imide groups is 1. The van der Waals surface area contributed by atoms with Gasteiger partial charge in [-0.05, 0) is 24.8 Å². The summed E-state index contributed by atoms with van der Waals surface area (Å²) in [6, 6.07) is 5.88. The Bertz CT molecular complexity index is 874. The van der Waals surface area contributed by atoms with Crippen LogP contribution in [0.15, 0.2) is 24.4 Å². The molecule has 1 aliphatic heterocycles. The Morgan fingerprint density at radius 1 is 1.24 bits per heavy atom. The van der Waals surface area contributed by atoms with Gasteiger partial charge in [-0.25, -0.2) is 0 Å². The Morgan fingerprint density at radius 3 is 2.72 bits per heavy atom. The highest BCUT2D eigenvalue weighted by molar-refractivity contribution is 6.14. The van der Waals surface area contributed by atoms with E-state index in [4.69, 9.17) is 0 Å². The lowest BCUT2D eigenvalue weighted by molar-refractivity contribution is -0.140. The Hall–Kier alpha value is -2.43. The lowest BCUT2D eigenvalue weighted by atomic mass is 9.84. The van der Waals surface area contributed by atoms with Crippen LogP contribution in [0.5, 0.6) is 0 Å². The van der Waals surface area contributed by atoms with Gasteiger partial charge in [0.1, 0.15) is 0 Å². The predicted molar refractivity (Wildman–Crippen MR) is 94.2 cm³/mol. The molecule has 2 amide bonds. The van der Waals surface area contributed by atoms with Crippen LogP contribution in [-0.2, 0) is 16.0 Å². The van der Waals surface area contributed by atoms with Crippen LogP contribution >= 0.6 is 0 Å². The van der Waals surface area contributed by atoms with Crippen molar-refractivity contribution < 1.29 is 14.4 Å². The van der Waals surface area contributed by atoms with Crippen LogP contribution in [0.25, 0.3) is 10.9 Å². The highest BCUT2D eigenvalue weighted by Gasteiger charge is 2.52. The molecule has 1 saturated heterocycles. The SMILES string of the molecule is CCc1cccc2c(C(=O)CN3C(=O)CC4(CCCC4)C3=O)c[nH]c12. The number of Topliss-reactive ketones (excluding diaryl/α,β-unsaturated/α-hetero) is 1. The minimum Gasteiger partial charge on any atom is -0.360 e. The number of aromatic amines is 1. The van der Waals surface area contributed by atoms with E-state index < -0.39 is 5.41 Å². The maximum absolute atomic E-state index is 12.8. The second-order valence-electron chi connectivity index (χ2n) is 7.27. The molecule has 0 bridgehead atoms. The van der Waals surface area contributed by atoms with Gasteiger partial charge >= 0.3 is 0 Å². The molecule has 0 radical (unpaired) electrons. The van der Waals surface area contributed by atoms with Crippen LogP contribution in [0.4, 0.5) is 0 Å². The Morgan fingerprint density at radius 2 is 2.00 bits per heavy atom. The van der Waals surface area contributed by atoms with Crippen molar-refractivity contribution in [3.05, 3.63) is 35.5 Å². The van der Waals surface area contributed by atoms with Crippen molar-refractivity contribution in [3.8, 4) is 0 Å². The minimum atomic E-state index is -0.521. The molecule has 2 aliphatic rings. The largest absolute Gasteiger partial charge is 0.360 e. The zero-order chi connectivity index (χ0) is 17.6. The summed E-state index contributed by atoms with van der Waals surface area (Å²) in [6.45, 7) is 1.92. The smallest absolute Gasteiger partial charge is 0.236 e. The van der Waals surface area contributed by atoms with Gasteiger partial charge in [-0.3, -0.25) is 19.3 Å². The number of aromatic nitrogens is 1. The van der Waals surface area contributed by atoms with Crippen LogP contribution < -0.4 is 0 Å². The molecule has 1 saturated carbocycles. The molecule has 2 heterocycles. The van der Waals surface area contributed by atoms with E-state index in [-0.39, 0.29) is 30.6 Å². The van der Waals surface area contributed by atoms with Crippen molar-refractivity contribution in [1.29, 1.82) is 0 Å². The minimum absolute atomic E-state index is 0.141. The number of nitrogens with one attached hydrogen (secondary N) is 1. The molecule has 0 atom stereocenters. The first-order chi connectivity index (χ1) is 12.1. The molecule has 4 rings (SSSR count). The predicted octanol–water partition coefficient (Wildman–Crippen LogP) is 3.23. The molecule has 0 unspecified atom stereocenters. The van der Waals surface area contributed by atoms with Crippen molar-refractivity contribution in [2.24, 2.45) is 5.41 Å². The summed E-state index contributed by atoms with van der Waals surface area (Å²) in [4.78, 5) is 42.3. The van der Waals surface area contributed by atoms with Crippen molar-refractivity contribution in [3.63, 3.8) is 0 Å². The van der Waals surface area contributed by atoms with Gasteiger partial charge in [0.05, 0.1) is 12.0 Å². The summed E-state index contributed by atoms with van der Waals surface area (Å²) >= 11 is 0. The molecular formula is C20H22N2O3. The van der Waals surface area contributed by atoms with Gasteiger partial charge in [-0.15, -0.1) is 0 Å². The fourth-order valence-corrected chi connectivity index (χ4v) is 4.43. The highest BCUT2D eigenvalue weighted by Crippen LogP contribution is 2.46. The molecule has 2 aromatic rings. The summed E-state index contributed by atoms with van der Waals surface area (Å²) < 4.78 is 0. The number of amides is 2. The summed E-state index contributed by atoms with van der Waals surface area (Å²) in [7, 11) is 0. The van der Waals surface area contributed by atoms with Crippen molar-refractivity contribution in [1.82, 2.24) is 9.88 Å². The quantitative estimate of drug-likeness (QED) is 0.687. The zero-order valence-corrected chi connectivity index (χ0v) is 14.4. The fraction of sp³-hybridized carbons (Fsp3) is 0.450. The van der Waals surface area contributed by atoms with Gasteiger partial charge in [0, 0.05) is 29.1 Å². The van der Waals surface area contributed by atoms with Crippen LogP contribution in [0.3, 0.4) is 0 Å². The maximum atomic E-state index is 12.8. The van der Waals surface area contributed by atoms with Gasteiger partial charge in [0.15, 0.2) is 5.78 Å². The van der Waals surface area contributed by atoms with Crippen LogP contribution in [-0.4, -0.2) is 34.0 Å². The van der Waals surface area contributed by atoms with Gasteiger partial charge in [-0.2, -0.15) is 0 Å². The standard InChI is InChI=1S/C20H22N2O3/c1-2-13-6-5-7-14-15(11-21-18(13)14)16(23)12-22-17(24)10-20(19(22)25)8-3-4-9-20/h5-7,11,21H,2-4,8-10,12H2,1H3. The first-order valence-corrected chi connectivity index (χ1v) is 9.03. The van der Waals surface area contributed by atoms with E-state index >= 15 is 0 Å². The molecule has 130 valence electrons. The first-order valence-electron chi connectivity index (χ1n) is 9.03. The third kappa shape index (κ3) is 2.41. The number of aryl methyl sites for hydroxylation is 1. The number of hydrogen-bond donors (Lipinski definition) is 1. The van der Waals surface area contributed by atoms with Gasteiger partial charge < -0.3 is 4.98 Å². The van der Waals surface area contributed by atoms with Gasteiger partial charge in [0.2, 0.25) is 11.8 Å². The molecule has 1 aromatic heterocycles. The number of carbonyl (C=O) groups is 3. The summed E-state index contributed by atoms with van der Waals surface area (Å²) in [6.07, 6.45) is 6.36. The topological polar surface area (TPSA) is 70.2 Å². The fourth-order valence-electron chi connectivity index (χ4n) is 4.43. The molecular weight excluding hydrogens is 316 g/mol. The molecule has 1 N–H and O–H groups in total. The maximum Gasteiger partial charge on any atom is 0.236 e. The third-order valence-corrected chi connectivity index (χ3v) is 5.83. The first kappa shape index (κ1) is 16.1. The van der Waals surface area contributed by atoms with Crippen molar-refractivity contribution >= 4 is 28.5 Å². The second-order valence-corrected chi connectivity index (χ2v) is 7.27. The lowest BCUT2D eigenvalue weighted by Crippen LogP contribution is -2.38. The van der Waals surface area contributed by atoms with Crippen molar-refractivity contribution in [2.75, 3.05) is 6.54 Å². The van der Waals surface area contributed by atoms with E-state index in [1.807, 2.05) is 18.2 Å². The average Bonchev–Trinajstić information content (AvgIpc) is 3.30. The molecule has 25 heavy (non-hydrogen) atoms. The number of fused-ring (bicyclic) bond motifs is 1. The Kier molecular flexibility index (Phi) is 3.74. The number of para-hydroxylation sites is 1. The average molecular weight is 338 g/mol. The lowest BCUT2D eigenvalue weighted by Gasteiger charge is -2.20. The molecule has 1 aromatic carbocycles. The number of nitrogens with zero attached hydrogens (tertiary/aromatic N) is 1. The summed E-state index contributed by atoms with van der Waals surface area (Å²) in [5.74, 6) is -0.525. The molecule has 2 fully saturated rings. The van der Waals surface area contributed by atoms with Crippen LogP contribution in [0, 0.1) is 5.41 Å². The molecule has 1 aliphatic carbocycles. The number of rotatable bonds is 4.